The molecule has 2 aliphatic rings. The normalized spacial score (nSPS) is 23.9. The third-order valence-electron chi connectivity index (χ3n) is 6.23. The Morgan fingerprint density at radius 1 is 1.18 bits per heavy atom. The number of para-hydroxylation sites is 1. The molecule has 2 saturated heterocycles. The Morgan fingerprint density at radius 2 is 2.00 bits per heavy atom. The molecule has 4 heterocycles. The van der Waals surface area contributed by atoms with E-state index in [0.717, 1.165) is 42.4 Å². The predicted molar refractivity (Wildman–Crippen MR) is 107 cm³/mol. The van der Waals surface area contributed by atoms with E-state index in [1.165, 1.54) is 6.08 Å². The maximum Gasteiger partial charge on any atom is 0.246 e. The molecule has 6 nitrogen and oxygen atoms in total. The van der Waals surface area contributed by atoms with Gasteiger partial charge in [0.25, 0.3) is 0 Å². The minimum atomic E-state index is 0.0370. The van der Waals surface area contributed by atoms with Crippen molar-refractivity contribution in [3.8, 4) is 17.0 Å². The number of piperidine rings is 1. The summed E-state index contributed by atoms with van der Waals surface area (Å²) in [6.07, 6.45) is 5.61. The Balaban J connectivity index is 1.51. The SMILES string of the molecule is C=CC(=O)N1C2CCC(c3cc4cc(-c5ccccc5O)nnc4[nH]3)C1CC2. The average Bonchev–Trinajstić information content (AvgIpc) is 3.27. The molecule has 0 spiro atoms. The van der Waals surface area contributed by atoms with Crippen LogP contribution >= 0.6 is 0 Å². The zero-order valence-corrected chi connectivity index (χ0v) is 15.5. The lowest BCUT2D eigenvalue weighted by atomic mass is 9.87. The highest BCUT2D eigenvalue weighted by atomic mass is 16.3. The van der Waals surface area contributed by atoms with Gasteiger partial charge in [0.1, 0.15) is 5.75 Å². The van der Waals surface area contributed by atoms with Crippen molar-refractivity contribution in [1.29, 1.82) is 0 Å². The smallest absolute Gasteiger partial charge is 0.246 e. The molecular weight excluding hydrogens is 352 g/mol. The number of carbonyl (C=O) groups excluding carboxylic acids is 1. The maximum absolute atomic E-state index is 12.4. The molecular formula is C22H22N4O2. The highest BCUT2D eigenvalue weighted by Crippen LogP contribution is 2.44. The van der Waals surface area contributed by atoms with Crippen LogP contribution in [-0.4, -0.2) is 43.2 Å². The van der Waals surface area contributed by atoms with Gasteiger partial charge in [-0.15, -0.1) is 10.2 Å². The number of amides is 1. The molecule has 3 unspecified atom stereocenters. The highest BCUT2D eigenvalue weighted by molar-refractivity contribution is 5.88. The molecule has 1 aromatic carbocycles. The van der Waals surface area contributed by atoms with E-state index in [0.29, 0.717) is 17.3 Å². The van der Waals surface area contributed by atoms with Gasteiger partial charge in [0.15, 0.2) is 5.65 Å². The Labute approximate surface area is 162 Å². The summed E-state index contributed by atoms with van der Waals surface area (Å²) < 4.78 is 0. The number of aromatic nitrogens is 3. The number of nitrogens with one attached hydrogen (secondary N) is 1. The molecule has 5 rings (SSSR count). The lowest BCUT2D eigenvalue weighted by Crippen LogP contribution is -2.46. The molecule has 0 aliphatic carbocycles. The van der Waals surface area contributed by atoms with Crippen molar-refractivity contribution < 1.29 is 9.90 Å². The predicted octanol–water partition coefficient (Wildman–Crippen LogP) is 3.75. The van der Waals surface area contributed by atoms with Crippen LogP contribution in [0.15, 0.2) is 49.1 Å². The third kappa shape index (κ3) is 2.59. The molecule has 142 valence electrons. The number of aromatic amines is 1. The van der Waals surface area contributed by atoms with E-state index in [4.69, 9.17) is 0 Å². The standard InChI is InChI=1S/C22H22N4O2/c1-2-21(28)26-14-7-9-15(19(26)10-8-14)17-11-13-12-18(24-25-22(13)23-17)16-5-3-4-6-20(16)27/h2-6,11-12,14-15,19,27H,1,7-10H2,(H,23,25). The minimum absolute atomic E-state index is 0.0370. The summed E-state index contributed by atoms with van der Waals surface area (Å²) in [6, 6.07) is 11.8. The van der Waals surface area contributed by atoms with Crippen molar-refractivity contribution in [2.45, 2.75) is 43.7 Å². The summed E-state index contributed by atoms with van der Waals surface area (Å²) in [5.74, 6) is 0.495. The van der Waals surface area contributed by atoms with E-state index in [-0.39, 0.29) is 23.6 Å². The second-order valence-corrected chi connectivity index (χ2v) is 7.71. The largest absolute Gasteiger partial charge is 0.507 e. The summed E-state index contributed by atoms with van der Waals surface area (Å²) >= 11 is 0. The first kappa shape index (κ1) is 17.0. The zero-order valence-electron chi connectivity index (χ0n) is 15.5. The van der Waals surface area contributed by atoms with Gasteiger partial charge in [-0.3, -0.25) is 4.79 Å². The summed E-state index contributed by atoms with van der Waals surface area (Å²) in [4.78, 5) is 17.8. The van der Waals surface area contributed by atoms with Crippen LogP contribution in [0.25, 0.3) is 22.3 Å². The van der Waals surface area contributed by atoms with Gasteiger partial charge in [-0.2, -0.15) is 0 Å². The number of benzene rings is 1. The van der Waals surface area contributed by atoms with Crippen LogP contribution in [0.1, 0.15) is 37.3 Å². The molecule has 2 aromatic heterocycles. The number of phenols is 1. The van der Waals surface area contributed by atoms with E-state index in [1.807, 2.05) is 23.1 Å². The average molecular weight is 374 g/mol. The number of rotatable bonds is 3. The fourth-order valence-corrected chi connectivity index (χ4v) is 4.94. The molecule has 3 atom stereocenters. The summed E-state index contributed by atoms with van der Waals surface area (Å²) in [6.45, 7) is 3.67. The first-order chi connectivity index (χ1) is 13.7. The number of aromatic hydroxyl groups is 1. The molecule has 0 saturated carbocycles. The van der Waals surface area contributed by atoms with Gasteiger partial charge in [0.05, 0.1) is 5.69 Å². The van der Waals surface area contributed by atoms with Crippen LogP contribution in [0.4, 0.5) is 0 Å². The van der Waals surface area contributed by atoms with Gasteiger partial charge < -0.3 is 15.0 Å². The minimum Gasteiger partial charge on any atom is -0.507 e. The van der Waals surface area contributed by atoms with Crippen molar-refractivity contribution in [1.82, 2.24) is 20.1 Å². The van der Waals surface area contributed by atoms with Gasteiger partial charge in [-0.05, 0) is 56.0 Å². The van der Waals surface area contributed by atoms with E-state index in [2.05, 4.69) is 27.8 Å². The molecule has 2 fully saturated rings. The molecule has 2 aliphatic heterocycles. The van der Waals surface area contributed by atoms with Crippen molar-refractivity contribution in [2.75, 3.05) is 0 Å². The molecule has 2 N–H and O–H groups in total. The van der Waals surface area contributed by atoms with Crippen LogP contribution < -0.4 is 0 Å². The summed E-state index contributed by atoms with van der Waals surface area (Å²) in [7, 11) is 0. The van der Waals surface area contributed by atoms with Gasteiger partial charge in [-0.25, -0.2) is 0 Å². The molecule has 6 heteroatoms. The van der Waals surface area contributed by atoms with E-state index in [1.54, 1.807) is 12.1 Å². The number of H-pyrrole nitrogens is 1. The second-order valence-electron chi connectivity index (χ2n) is 7.71. The highest BCUT2D eigenvalue weighted by Gasteiger charge is 2.44. The van der Waals surface area contributed by atoms with Crippen molar-refractivity contribution in [3.63, 3.8) is 0 Å². The Hall–Kier alpha value is -3.15. The van der Waals surface area contributed by atoms with E-state index in [9.17, 15) is 9.90 Å². The number of hydrogen-bond donors (Lipinski definition) is 2. The van der Waals surface area contributed by atoms with Crippen molar-refractivity contribution in [2.24, 2.45) is 0 Å². The van der Waals surface area contributed by atoms with Gasteiger partial charge in [0.2, 0.25) is 5.91 Å². The number of fused-ring (bicyclic) bond motifs is 3. The molecule has 28 heavy (non-hydrogen) atoms. The summed E-state index contributed by atoms with van der Waals surface area (Å²) in [5.41, 5.74) is 3.14. The van der Waals surface area contributed by atoms with Crippen LogP contribution in [0.2, 0.25) is 0 Å². The van der Waals surface area contributed by atoms with Crippen LogP contribution in [0, 0.1) is 0 Å². The lowest BCUT2D eigenvalue weighted by Gasteiger charge is -2.39. The van der Waals surface area contributed by atoms with Crippen LogP contribution in [0.3, 0.4) is 0 Å². The fraction of sp³-hybridized carbons (Fsp3) is 0.318. The van der Waals surface area contributed by atoms with Crippen LogP contribution in [-0.2, 0) is 4.79 Å². The molecule has 3 aromatic rings. The topological polar surface area (TPSA) is 82.1 Å². The van der Waals surface area contributed by atoms with E-state index < -0.39 is 0 Å². The van der Waals surface area contributed by atoms with Crippen LogP contribution in [0.5, 0.6) is 5.75 Å². The Bertz CT molecular complexity index is 1070. The number of carbonyl (C=O) groups is 1. The fourth-order valence-electron chi connectivity index (χ4n) is 4.94. The van der Waals surface area contributed by atoms with E-state index >= 15 is 0 Å². The Kier molecular flexibility index (Phi) is 3.93. The third-order valence-corrected chi connectivity index (χ3v) is 6.23. The monoisotopic (exact) mass is 374 g/mol. The van der Waals surface area contributed by atoms with Gasteiger partial charge >= 0.3 is 0 Å². The number of hydrogen-bond acceptors (Lipinski definition) is 4. The Morgan fingerprint density at radius 3 is 2.82 bits per heavy atom. The quantitative estimate of drug-likeness (QED) is 0.684. The number of nitrogens with zero attached hydrogens (tertiary/aromatic N) is 3. The zero-order chi connectivity index (χ0) is 19.3. The van der Waals surface area contributed by atoms with Crippen molar-refractivity contribution >= 4 is 16.9 Å². The second kappa shape index (κ2) is 6.48. The first-order valence-corrected chi connectivity index (χ1v) is 9.75. The number of phenolic OH excluding ortho intramolecular Hbond substituents is 1. The van der Waals surface area contributed by atoms with Crippen molar-refractivity contribution in [3.05, 3.63) is 54.7 Å². The van der Waals surface area contributed by atoms with Gasteiger partial charge in [-0.1, -0.05) is 18.7 Å². The maximum atomic E-state index is 12.4. The van der Waals surface area contributed by atoms with Gasteiger partial charge in [0, 0.05) is 34.6 Å². The summed E-state index contributed by atoms with van der Waals surface area (Å²) in [5, 5.41) is 19.7. The first-order valence-electron chi connectivity index (χ1n) is 9.75. The molecule has 2 bridgehead atoms. The lowest BCUT2D eigenvalue weighted by molar-refractivity contribution is -0.130. The molecule has 0 radical (unpaired) electrons. The molecule has 1 amide bonds.